The summed E-state index contributed by atoms with van der Waals surface area (Å²) in [4.78, 5) is 6.36. The highest BCUT2D eigenvalue weighted by Gasteiger charge is 2.23. The molecule has 0 bridgehead atoms. The summed E-state index contributed by atoms with van der Waals surface area (Å²) in [7, 11) is 3.31. The van der Waals surface area contributed by atoms with Gasteiger partial charge in [-0.15, -0.1) is 0 Å². The summed E-state index contributed by atoms with van der Waals surface area (Å²) in [5.74, 6) is 2.57. The Hall–Kier alpha value is -4.07. The SMILES string of the molecule is COc1ccc(Sc2c(F)cccc2C2CCNCC2)cc1.COc1ccc(Sc2ccc(F)cc2C2CCNCC2)cc1.Fc1ccc(Sc2ccc(Cl)cc2)c(C2CCNCC2)c1. The molecule has 0 spiro atoms. The number of hydrogen-bond donors (Lipinski definition) is 3. The van der Waals surface area contributed by atoms with Gasteiger partial charge >= 0.3 is 0 Å². The zero-order valence-electron chi connectivity index (χ0n) is 36.9. The molecule has 0 amide bonds. The third kappa shape index (κ3) is 14.5. The largest absolute Gasteiger partial charge is 0.497 e. The zero-order valence-corrected chi connectivity index (χ0v) is 40.1. The molecule has 6 aromatic carbocycles. The van der Waals surface area contributed by atoms with Crippen molar-refractivity contribution in [2.45, 2.75) is 85.7 Å². The van der Waals surface area contributed by atoms with Crippen molar-refractivity contribution in [2.75, 3.05) is 53.5 Å². The summed E-state index contributed by atoms with van der Waals surface area (Å²) in [6.45, 7) is 6.04. The number of benzene rings is 6. The van der Waals surface area contributed by atoms with Crippen molar-refractivity contribution < 1.29 is 22.6 Å². The number of rotatable bonds is 11. The Balaban J connectivity index is 0.000000145. The van der Waals surface area contributed by atoms with Crippen molar-refractivity contribution in [3.05, 3.63) is 167 Å². The maximum Gasteiger partial charge on any atom is 0.137 e. The van der Waals surface area contributed by atoms with Crippen molar-refractivity contribution in [3.8, 4) is 11.5 Å². The van der Waals surface area contributed by atoms with E-state index in [2.05, 4.69) is 22.0 Å². The molecule has 0 aliphatic carbocycles. The van der Waals surface area contributed by atoms with Gasteiger partial charge in [0.1, 0.15) is 29.0 Å². The summed E-state index contributed by atoms with van der Waals surface area (Å²) < 4.78 is 52.1. The number of nitrogens with one attached hydrogen (secondary N) is 3. The van der Waals surface area contributed by atoms with E-state index in [1.54, 1.807) is 68.1 Å². The van der Waals surface area contributed by atoms with E-state index < -0.39 is 0 Å². The lowest BCUT2D eigenvalue weighted by Gasteiger charge is -2.25. The van der Waals surface area contributed by atoms with Crippen molar-refractivity contribution in [1.82, 2.24) is 16.0 Å². The molecule has 9 rings (SSSR count). The molecule has 0 radical (unpaired) electrons. The van der Waals surface area contributed by atoms with Gasteiger partial charge in [-0.1, -0.05) is 59.0 Å². The van der Waals surface area contributed by atoms with Gasteiger partial charge in [0.05, 0.1) is 19.1 Å². The molecule has 6 aromatic rings. The molecule has 3 saturated heterocycles. The number of halogens is 4. The van der Waals surface area contributed by atoms with E-state index in [-0.39, 0.29) is 17.5 Å². The van der Waals surface area contributed by atoms with Crippen LogP contribution in [0.5, 0.6) is 11.5 Å². The molecule has 3 aliphatic rings. The van der Waals surface area contributed by atoms with Gasteiger partial charge in [0, 0.05) is 29.5 Å². The fourth-order valence-corrected chi connectivity index (χ4v) is 11.5. The van der Waals surface area contributed by atoms with Crippen LogP contribution >= 0.6 is 46.9 Å². The minimum absolute atomic E-state index is 0.128. The standard InChI is InChI=1S/2C18H20FNOS.C17H17ClFNS/c1-21-15-3-5-16(6-4-15)22-18-7-2-14(19)12-17(18)13-8-10-20-11-9-13;1-21-14-5-7-15(8-6-14)22-18-16(3-2-4-17(18)19)13-9-11-20-12-10-13;18-13-1-4-15(5-2-13)21-17-6-3-14(19)11-16(17)12-7-9-20-10-8-12/h2-7,12-13,20H,8-11H2,1H3;2-8,13,20H,9-12H2,1H3;1-6,11-12,20H,7-10H2. The Bertz CT molecular complexity index is 2380. The molecule has 0 aromatic heterocycles. The Morgan fingerprint density at radius 3 is 1.26 bits per heavy atom. The molecule has 0 atom stereocenters. The van der Waals surface area contributed by atoms with Gasteiger partial charge in [-0.2, -0.15) is 0 Å². The molecule has 65 heavy (non-hydrogen) atoms. The van der Waals surface area contributed by atoms with Crippen molar-refractivity contribution >= 4 is 46.9 Å². The molecule has 342 valence electrons. The summed E-state index contributed by atoms with van der Waals surface area (Å²) in [5, 5.41) is 10.8. The van der Waals surface area contributed by atoms with Gasteiger partial charge < -0.3 is 25.4 Å². The highest BCUT2D eigenvalue weighted by molar-refractivity contribution is 8.00. The Kier molecular flexibility index (Phi) is 18.9. The first-order chi connectivity index (χ1) is 31.8. The Morgan fingerprint density at radius 1 is 0.462 bits per heavy atom. The fraction of sp³-hybridized carbons (Fsp3) is 0.321. The van der Waals surface area contributed by atoms with Crippen LogP contribution in [0.2, 0.25) is 5.02 Å². The van der Waals surface area contributed by atoms with Crippen LogP contribution in [0.15, 0.2) is 157 Å². The molecule has 3 fully saturated rings. The predicted molar refractivity (Wildman–Crippen MR) is 264 cm³/mol. The molecule has 0 unspecified atom stereocenters. The summed E-state index contributed by atoms with van der Waals surface area (Å²) in [6, 6.07) is 39.3. The average Bonchev–Trinajstić information content (AvgIpc) is 3.35. The zero-order chi connectivity index (χ0) is 45.4. The van der Waals surface area contributed by atoms with Crippen molar-refractivity contribution in [2.24, 2.45) is 0 Å². The van der Waals surface area contributed by atoms with Crippen LogP contribution in [0.3, 0.4) is 0 Å². The van der Waals surface area contributed by atoms with Crippen LogP contribution in [-0.2, 0) is 0 Å². The molecule has 12 heteroatoms. The number of methoxy groups -OCH3 is 2. The number of hydrogen-bond acceptors (Lipinski definition) is 8. The maximum atomic E-state index is 14.4. The summed E-state index contributed by atoms with van der Waals surface area (Å²) in [5.41, 5.74) is 3.42. The van der Waals surface area contributed by atoms with Gasteiger partial charge in [0.2, 0.25) is 0 Å². The lowest BCUT2D eigenvalue weighted by atomic mass is 9.90. The minimum atomic E-state index is -0.149. The van der Waals surface area contributed by atoms with E-state index in [0.717, 1.165) is 140 Å². The van der Waals surface area contributed by atoms with Gasteiger partial charge in [-0.05, 0) is 227 Å². The summed E-state index contributed by atoms with van der Waals surface area (Å²) in [6.07, 6.45) is 6.41. The van der Waals surface area contributed by atoms with Crippen molar-refractivity contribution in [1.29, 1.82) is 0 Å². The molecule has 0 saturated carbocycles. The van der Waals surface area contributed by atoms with Gasteiger partial charge in [0.15, 0.2) is 0 Å². The van der Waals surface area contributed by atoms with E-state index in [1.165, 1.54) is 11.8 Å². The van der Waals surface area contributed by atoms with Crippen LogP contribution < -0.4 is 25.4 Å². The quantitative estimate of drug-likeness (QED) is 0.119. The highest BCUT2D eigenvalue weighted by Crippen LogP contribution is 2.41. The monoisotopic (exact) mass is 955 g/mol. The molecular formula is C53H57ClF3N3O2S3. The van der Waals surface area contributed by atoms with Gasteiger partial charge in [-0.3, -0.25) is 0 Å². The third-order valence-corrected chi connectivity index (χ3v) is 15.5. The van der Waals surface area contributed by atoms with Crippen LogP contribution in [0, 0.1) is 17.5 Å². The second-order valence-electron chi connectivity index (χ2n) is 16.2. The fourth-order valence-electron chi connectivity index (χ4n) is 8.38. The highest BCUT2D eigenvalue weighted by atomic mass is 35.5. The van der Waals surface area contributed by atoms with E-state index in [4.69, 9.17) is 21.1 Å². The normalized spacial score (nSPS) is 15.8. The van der Waals surface area contributed by atoms with Crippen LogP contribution in [-0.4, -0.2) is 53.5 Å². The molecule has 3 N–H and O–H groups in total. The first kappa shape index (κ1) is 48.9. The number of ether oxygens (including phenoxy) is 2. The molecular weight excluding hydrogens is 899 g/mol. The van der Waals surface area contributed by atoms with Crippen LogP contribution in [0.4, 0.5) is 13.2 Å². The van der Waals surface area contributed by atoms with Crippen LogP contribution in [0.1, 0.15) is 73.0 Å². The molecule has 3 heterocycles. The second kappa shape index (κ2) is 25.2. The van der Waals surface area contributed by atoms with E-state index in [9.17, 15) is 13.2 Å². The van der Waals surface area contributed by atoms with Gasteiger partial charge in [-0.25, -0.2) is 13.2 Å². The average molecular weight is 957 g/mol. The topological polar surface area (TPSA) is 54.5 Å². The van der Waals surface area contributed by atoms with E-state index in [1.807, 2.05) is 91.0 Å². The summed E-state index contributed by atoms with van der Waals surface area (Å²) >= 11 is 10.8. The first-order valence-corrected chi connectivity index (χ1v) is 25.2. The second-order valence-corrected chi connectivity index (χ2v) is 20.0. The van der Waals surface area contributed by atoms with Crippen LogP contribution in [0.25, 0.3) is 0 Å². The van der Waals surface area contributed by atoms with E-state index in [0.29, 0.717) is 17.8 Å². The maximum absolute atomic E-state index is 14.4. The molecule has 5 nitrogen and oxygen atoms in total. The molecule has 3 aliphatic heterocycles. The Labute approximate surface area is 400 Å². The van der Waals surface area contributed by atoms with E-state index >= 15 is 0 Å². The smallest absolute Gasteiger partial charge is 0.137 e. The lowest BCUT2D eigenvalue weighted by molar-refractivity contribution is 0.414. The van der Waals surface area contributed by atoms with Gasteiger partial charge in [0.25, 0.3) is 0 Å². The Morgan fingerprint density at radius 2 is 0.846 bits per heavy atom. The predicted octanol–water partition coefficient (Wildman–Crippen LogP) is 14.0. The third-order valence-electron chi connectivity index (χ3n) is 11.9. The van der Waals surface area contributed by atoms with Crippen molar-refractivity contribution in [3.63, 3.8) is 0 Å². The lowest BCUT2D eigenvalue weighted by Crippen LogP contribution is -2.26. The first-order valence-electron chi connectivity index (χ1n) is 22.3. The minimum Gasteiger partial charge on any atom is -0.497 e. The number of piperidine rings is 3.